The standard InChI is InChI=1S/C21H26FNO3.C13H18INO/c1-13(2)23(14(3)4)21(25)16-8-6-15(7-9-16)20(24)17-10-11-18(22)19(12-17)26-5;1-9(2)15(10(3)4)13(16)11-5-7-12(14)8-6-11/h6-14,20,24H,1-5H3;5-10H,1-4H3. The van der Waals surface area contributed by atoms with Crippen LogP contribution in [0.2, 0.25) is 0 Å². The van der Waals surface area contributed by atoms with E-state index in [2.05, 4.69) is 22.6 Å². The molecule has 1 unspecified atom stereocenters. The number of hydrogen-bond acceptors (Lipinski definition) is 4. The molecule has 3 aromatic carbocycles. The number of carbonyl (C=O) groups excluding carboxylic acids is 2. The van der Waals surface area contributed by atoms with Crippen LogP contribution in [0.15, 0.2) is 66.7 Å². The fourth-order valence-corrected chi connectivity index (χ4v) is 5.23. The molecule has 0 aliphatic carbocycles. The van der Waals surface area contributed by atoms with E-state index >= 15 is 0 Å². The minimum Gasteiger partial charge on any atom is -0.494 e. The minimum atomic E-state index is -0.931. The van der Waals surface area contributed by atoms with Gasteiger partial charge in [0.1, 0.15) is 6.10 Å². The third kappa shape index (κ3) is 9.26. The van der Waals surface area contributed by atoms with Crippen molar-refractivity contribution in [3.05, 3.63) is 98.4 Å². The zero-order valence-corrected chi connectivity index (χ0v) is 28.2. The molecule has 228 valence electrons. The minimum absolute atomic E-state index is 0.0421. The van der Waals surface area contributed by atoms with Gasteiger partial charge in [-0.25, -0.2) is 4.39 Å². The van der Waals surface area contributed by atoms with Crippen LogP contribution in [0.4, 0.5) is 4.39 Å². The van der Waals surface area contributed by atoms with Crippen LogP contribution in [0.25, 0.3) is 0 Å². The van der Waals surface area contributed by atoms with E-state index in [9.17, 15) is 19.1 Å². The summed E-state index contributed by atoms with van der Waals surface area (Å²) in [5.74, 6) is -0.328. The number of rotatable bonds is 9. The lowest BCUT2D eigenvalue weighted by Gasteiger charge is -2.31. The first-order valence-corrected chi connectivity index (χ1v) is 15.3. The number of aliphatic hydroxyl groups is 1. The summed E-state index contributed by atoms with van der Waals surface area (Å²) < 4.78 is 19.6. The first-order valence-electron chi connectivity index (χ1n) is 14.2. The van der Waals surface area contributed by atoms with Crippen LogP contribution >= 0.6 is 22.6 Å². The highest BCUT2D eigenvalue weighted by Crippen LogP contribution is 2.27. The molecule has 0 fully saturated rings. The lowest BCUT2D eigenvalue weighted by atomic mass is 9.99. The van der Waals surface area contributed by atoms with E-state index < -0.39 is 11.9 Å². The molecule has 2 amide bonds. The molecule has 0 saturated carbocycles. The van der Waals surface area contributed by atoms with Gasteiger partial charge in [0.2, 0.25) is 0 Å². The molecule has 1 atom stereocenters. The summed E-state index contributed by atoms with van der Waals surface area (Å²) in [5, 5.41) is 10.5. The Balaban J connectivity index is 0.000000330. The van der Waals surface area contributed by atoms with E-state index in [0.717, 1.165) is 9.13 Å². The molecular weight excluding hydrogens is 646 g/mol. The summed E-state index contributed by atoms with van der Waals surface area (Å²) in [6.07, 6.45) is -0.931. The molecule has 0 saturated heterocycles. The Hall–Kier alpha value is -2.98. The molecular formula is C34H44FIN2O4. The van der Waals surface area contributed by atoms with Crippen LogP contribution in [-0.4, -0.2) is 58.0 Å². The number of amides is 2. The van der Waals surface area contributed by atoms with Gasteiger partial charge < -0.3 is 19.6 Å². The average molecular weight is 691 g/mol. The van der Waals surface area contributed by atoms with E-state index in [1.54, 1.807) is 24.3 Å². The quantitative estimate of drug-likeness (QED) is 0.234. The molecule has 0 heterocycles. The Labute approximate surface area is 264 Å². The maximum absolute atomic E-state index is 13.5. The molecule has 1 N–H and O–H groups in total. The molecule has 0 aliphatic heterocycles. The van der Waals surface area contributed by atoms with Gasteiger partial charge in [-0.3, -0.25) is 9.59 Å². The van der Waals surface area contributed by atoms with Crippen LogP contribution in [0, 0.1) is 9.39 Å². The molecule has 0 spiro atoms. The zero-order chi connectivity index (χ0) is 31.7. The van der Waals surface area contributed by atoms with Crippen molar-refractivity contribution in [2.24, 2.45) is 0 Å². The highest BCUT2D eigenvalue weighted by atomic mass is 127. The van der Waals surface area contributed by atoms with Crippen molar-refractivity contribution in [3.8, 4) is 5.75 Å². The second kappa shape index (κ2) is 16.0. The summed E-state index contributed by atoms with van der Waals surface area (Å²) in [7, 11) is 1.38. The molecule has 3 rings (SSSR count). The number of nitrogens with zero attached hydrogens (tertiary/aromatic N) is 2. The predicted molar refractivity (Wildman–Crippen MR) is 175 cm³/mol. The Morgan fingerprint density at radius 2 is 1.07 bits per heavy atom. The van der Waals surface area contributed by atoms with E-state index in [1.807, 2.05) is 89.5 Å². The number of halogens is 2. The summed E-state index contributed by atoms with van der Waals surface area (Å²) in [6, 6.07) is 19.5. The topological polar surface area (TPSA) is 70.1 Å². The second-order valence-electron chi connectivity index (χ2n) is 11.2. The lowest BCUT2D eigenvalue weighted by Crippen LogP contribution is -2.42. The van der Waals surface area contributed by atoms with Gasteiger partial charge in [0.25, 0.3) is 11.8 Å². The van der Waals surface area contributed by atoms with Crippen molar-refractivity contribution < 1.29 is 23.8 Å². The van der Waals surface area contributed by atoms with Crippen molar-refractivity contribution in [1.82, 2.24) is 9.80 Å². The third-order valence-electron chi connectivity index (χ3n) is 6.75. The molecule has 8 heteroatoms. The van der Waals surface area contributed by atoms with E-state index in [-0.39, 0.29) is 41.7 Å². The summed E-state index contributed by atoms with van der Waals surface area (Å²) >= 11 is 2.24. The van der Waals surface area contributed by atoms with Crippen LogP contribution < -0.4 is 4.74 Å². The maximum atomic E-state index is 13.5. The summed E-state index contributed by atoms with van der Waals surface area (Å²) in [6.45, 7) is 16.1. The highest BCUT2D eigenvalue weighted by Gasteiger charge is 2.23. The second-order valence-corrected chi connectivity index (χ2v) is 12.5. The van der Waals surface area contributed by atoms with Gasteiger partial charge in [0, 0.05) is 38.9 Å². The summed E-state index contributed by atoms with van der Waals surface area (Å²) in [4.78, 5) is 28.7. The van der Waals surface area contributed by atoms with Crippen molar-refractivity contribution in [3.63, 3.8) is 0 Å². The molecule has 0 aliphatic rings. The van der Waals surface area contributed by atoms with Gasteiger partial charge in [-0.15, -0.1) is 0 Å². The fraction of sp³-hybridized carbons (Fsp3) is 0.412. The van der Waals surface area contributed by atoms with Crippen LogP contribution in [0.5, 0.6) is 5.75 Å². The Morgan fingerprint density at radius 1 is 0.690 bits per heavy atom. The number of benzene rings is 3. The number of methoxy groups -OCH3 is 1. The number of hydrogen-bond donors (Lipinski definition) is 1. The molecule has 42 heavy (non-hydrogen) atoms. The van der Waals surface area contributed by atoms with E-state index in [1.165, 1.54) is 25.3 Å². The summed E-state index contributed by atoms with van der Waals surface area (Å²) in [5.41, 5.74) is 2.48. The SMILES string of the molecule is CC(C)N(C(=O)c1ccc(I)cc1)C(C)C.COc1cc(C(O)c2ccc(C(=O)N(C(C)C)C(C)C)cc2)ccc1F. The van der Waals surface area contributed by atoms with Crippen LogP contribution in [0.1, 0.15) is 93.3 Å². The maximum Gasteiger partial charge on any atom is 0.254 e. The Morgan fingerprint density at radius 3 is 1.45 bits per heavy atom. The Bertz CT molecular complexity index is 1290. The van der Waals surface area contributed by atoms with Gasteiger partial charge in [-0.2, -0.15) is 0 Å². The van der Waals surface area contributed by atoms with Gasteiger partial charge in [0.15, 0.2) is 11.6 Å². The first-order chi connectivity index (χ1) is 19.7. The number of carbonyl (C=O) groups is 2. The molecule has 0 bridgehead atoms. The van der Waals surface area contributed by atoms with E-state index in [4.69, 9.17) is 4.74 Å². The van der Waals surface area contributed by atoms with Gasteiger partial charge in [-0.05, 0) is 138 Å². The zero-order valence-electron chi connectivity index (χ0n) is 26.1. The van der Waals surface area contributed by atoms with Crippen molar-refractivity contribution in [2.75, 3.05) is 7.11 Å². The van der Waals surface area contributed by atoms with Crippen LogP contribution in [-0.2, 0) is 0 Å². The predicted octanol–water partition coefficient (Wildman–Crippen LogP) is 7.73. The monoisotopic (exact) mass is 690 g/mol. The highest BCUT2D eigenvalue weighted by molar-refractivity contribution is 14.1. The molecule has 6 nitrogen and oxygen atoms in total. The van der Waals surface area contributed by atoms with Gasteiger partial charge >= 0.3 is 0 Å². The third-order valence-corrected chi connectivity index (χ3v) is 7.47. The largest absolute Gasteiger partial charge is 0.494 e. The van der Waals surface area contributed by atoms with Gasteiger partial charge in [-0.1, -0.05) is 18.2 Å². The van der Waals surface area contributed by atoms with Crippen molar-refractivity contribution >= 4 is 34.4 Å². The molecule has 0 aromatic heterocycles. The van der Waals surface area contributed by atoms with E-state index in [0.29, 0.717) is 16.7 Å². The van der Waals surface area contributed by atoms with Crippen molar-refractivity contribution in [1.29, 1.82) is 0 Å². The normalized spacial score (nSPS) is 11.8. The number of aliphatic hydroxyl groups excluding tert-OH is 1. The van der Waals surface area contributed by atoms with Crippen molar-refractivity contribution in [2.45, 2.75) is 85.7 Å². The lowest BCUT2D eigenvalue weighted by molar-refractivity contribution is 0.0634. The molecule has 3 aromatic rings. The average Bonchev–Trinajstić information content (AvgIpc) is 2.93. The number of ether oxygens (including phenoxy) is 1. The Kier molecular flexibility index (Phi) is 13.4. The van der Waals surface area contributed by atoms with Gasteiger partial charge in [0.05, 0.1) is 7.11 Å². The molecule has 0 radical (unpaired) electrons. The van der Waals surface area contributed by atoms with Crippen LogP contribution in [0.3, 0.4) is 0 Å². The smallest absolute Gasteiger partial charge is 0.254 e. The fourth-order valence-electron chi connectivity index (χ4n) is 4.87. The first kappa shape index (κ1) is 35.2.